The van der Waals surface area contributed by atoms with Gasteiger partial charge in [0.05, 0.1) is 0 Å². The van der Waals surface area contributed by atoms with Gasteiger partial charge in [-0.3, -0.25) is 10.1 Å². The Morgan fingerprint density at radius 1 is 1.26 bits per heavy atom. The Labute approximate surface area is 116 Å². The van der Waals surface area contributed by atoms with Crippen molar-refractivity contribution in [1.29, 1.82) is 0 Å². The summed E-state index contributed by atoms with van der Waals surface area (Å²) in [5, 5.41) is 12.1. The van der Waals surface area contributed by atoms with Crippen LogP contribution < -0.4 is 5.32 Å². The summed E-state index contributed by atoms with van der Waals surface area (Å²) >= 11 is 1.40. The number of carbonyl (C=O) groups is 1. The maximum absolute atomic E-state index is 11.7. The Balaban J connectivity index is 1.95. The molecule has 2 rings (SSSR count). The molecule has 0 bridgehead atoms. The van der Waals surface area contributed by atoms with Gasteiger partial charge in [0, 0.05) is 12.0 Å². The molecule has 98 valence electrons. The summed E-state index contributed by atoms with van der Waals surface area (Å²) in [7, 11) is 0. The van der Waals surface area contributed by atoms with E-state index >= 15 is 0 Å². The summed E-state index contributed by atoms with van der Waals surface area (Å²) in [6.45, 7) is 4.09. The summed E-state index contributed by atoms with van der Waals surface area (Å²) < 4.78 is 0. The first-order chi connectivity index (χ1) is 9.15. The van der Waals surface area contributed by atoms with Crippen molar-refractivity contribution in [2.75, 3.05) is 5.32 Å². The third kappa shape index (κ3) is 3.99. The molecule has 1 aromatic carbocycles. The smallest absolute Gasteiger partial charge is 0.250 e. The van der Waals surface area contributed by atoms with Gasteiger partial charge in [0.2, 0.25) is 11.0 Å². The van der Waals surface area contributed by atoms with Crippen molar-refractivity contribution in [3.05, 3.63) is 47.0 Å². The Morgan fingerprint density at radius 2 is 2.00 bits per heavy atom. The number of carbonyl (C=O) groups excluding carboxylic acids is 1. The molecule has 0 aliphatic rings. The van der Waals surface area contributed by atoms with Gasteiger partial charge >= 0.3 is 0 Å². The normalized spacial score (nSPS) is 11.1. The van der Waals surface area contributed by atoms with Crippen LogP contribution in [0.15, 0.2) is 36.4 Å². The molecule has 0 saturated carbocycles. The fourth-order valence-corrected chi connectivity index (χ4v) is 2.15. The molecule has 1 heterocycles. The zero-order valence-corrected chi connectivity index (χ0v) is 11.6. The number of amides is 1. The van der Waals surface area contributed by atoms with Crippen LogP contribution in [0.5, 0.6) is 0 Å². The first kappa shape index (κ1) is 13.4. The number of nitrogens with one attached hydrogen (secondary N) is 1. The van der Waals surface area contributed by atoms with E-state index in [1.165, 1.54) is 17.4 Å². The Hall–Kier alpha value is -2.01. The largest absolute Gasteiger partial charge is 0.297 e. The summed E-state index contributed by atoms with van der Waals surface area (Å²) in [4.78, 5) is 11.7. The van der Waals surface area contributed by atoms with Crippen molar-refractivity contribution in [1.82, 2.24) is 10.2 Å². The van der Waals surface area contributed by atoms with Gasteiger partial charge in [-0.25, -0.2) is 0 Å². The minimum atomic E-state index is -0.199. The molecule has 1 amide bonds. The Morgan fingerprint density at radius 3 is 2.63 bits per heavy atom. The lowest BCUT2D eigenvalue weighted by molar-refractivity contribution is -0.111. The molecule has 0 saturated heterocycles. The SMILES string of the molecule is CC(C)c1nnc(NC(=O)/C=C/c2ccccc2)s1. The van der Waals surface area contributed by atoms with Crippen molar-refractivity contribution >= 4 is 28.5 Å². The first-order valence-electron chi connectivity index (χ1n) is 6.02. The molecule has 1 N–H and O–H groups in total. The standard InChI is InChI=1S/C14H15N3OS/c1-10(2)13-16-17-14(19-13)15-12(18)9-8-11-6-4-3-5-7-11/h3-10H,1-2H3,(H,15,17,18)/b9-8+. The maximum atomic E-state index is 11.7. The van der Waals surface area contributed by atoms with E-state index in [0.29, 0.717) is 11.0 Å². The lowest BCUT2D eigenvalue weighted by Gasteiger charge is -1.96. The number of nitrogens with zero attached hydrogens (tertiary/aromatic N) is 2. The molecule has 0 radical (unpaired) electrons. The molecule has 0 fully saturated rings. The van der Waals surface area contributed by atoms with Gasteiger partial charge in [-0.15, -0.1) is 10.2 Å². The molecular formula is C14H15N3OS. The Kier molecular flexibility index (Phi) is 4.41. The van der Waals surface area contributed by atoms with Gasteiger partial charge < -0.3 is 0 Å². The van der Waals surface area contributed by atoms with E-state index in [1.54, 1.807) is 6.08 Å². The lowest BCUT2D eigenvalue weighted by Crippen LogP contribution is -2.07. The molecule has 1 aromatic heterocycles. The molecular weight excluding hydrogens is 258 g/mol. The van der Waals surface area contributed by atoms with Gasteiger partial charge in [0.25, 0.3) is 0 Å². The summed E-state index contributed by atoms with van der Waals surface area (Å²) in [5.41, 5.74) is 0.984. The van der Waals surface area contributed by atoms with Crippen LogP contribution in [0.4, 0.5) is 5.13 Å². The molecule has 0 spiro atoms. The van der Waals surface area contributed by atoms with Gasteiger partial charge in [0.15, 0.2) is 0 Å². The van der Waals surface area contributed by atoms with E-state index in [1.807, 2.05) is 44.2 Å². The third-order valence-electron chi connectivity index (χ3n) is 2.39. The molecule has 4 nitrogen and oxygen atoms in total. The second-order valence-corrected chi connectivity index (χ2v) is 5.34. The van der Waals surface area contributed by atoms with E-state index in [-0.39, 0.29) is 5.91 Å². The minimum Gasteiger partial charge on any atom is -0.297 e. The highest BCUT2D eigenvalue weighted by Gasteiger charge is 2.08. The third-order valence-corrected chi connectivity index (χ3v) is 3.53. The van der Waals surface area contributed by atoms with E-state index in [9.17, 15) is 4.79 Å². The first-order valence-corrected chi connectivity index (χ1v) is 6.84. The van der Waals surface area contributed by atoms with Crippen LogP contribution in [0.2, 0.25) is 0 Å². The van der Waals surface area contributed by atoms with Crippen LogP contribution in [-0.4, -0.2) is 16.1 Å². The van der Waals surface area contributed by atoms with E-state index in [4.69, 9.17) is 0 Å². The van der Waals surface area contributed by atoms with Gasteiger partial charge in [0.1, 0.15) is 5.01 Å². The van der Waals surface area contributed by atoms with Crippen molar-refractivity contribution < 1.29 is 4.79 Å². The van der Waals surface area contributed by atoms with Crippen LogP contribution in [0.1, 0.15) is 30.3 Å². The van der Waals surface area contributed by atoms with Crippen LogP contribution >= 0.6 is 11.3 Å². The Bertz CT molecular complexity index is 575. The highest BCUT2D eigenvalue weighted by molar-refractivity contribution is 7.15. The molecule has 5 heteroatoms. The van der Waals surface area contributed by atoms with Crippen molar-refractivity contribution in [2.45, 2.75) is 19.8 Å². The molecule has 19 heavy (non-hydrogen) atoms. The van der Waals surface area contributed by atoms with Crippen LogP contribution in [0.3, 0.4) is 0 Å². The monoisotopic (exact) mass is 273 g/mol. The summed E-state index contributed by atoms with van der Waals surface area (Å²) in [5.74, 6) is 0.123. The van der Waals surface area contributed by atoms with E-state index in [2.05, 4.69) is 15.5 Å². The van der Waals surface area contributed by atoms with Crippen LogP contribution in [0, 0.1) is 0 Å². The van der Waals surface area contributed by atoms with Gasteiger partial charge in [-0.2, -0.15) is 0 Å². The number of anilines is 1. The van der Waals surface area contributed by atoms with Crippen molar-refractivity contribution in [2.24, 2.45) is 0 Å². The molecule has 0 aliphatic carbocycles. The fraction of sp³-hybridized carbons (Fsp3) is 0.214. The molecule has 0 atom stereocenters. The van der Waals surface area contributed by atoms with Crippen LogP contribution in [-0.2, 0) is 4.79 Å². The second-order valence-electron chi connectivity index (χ2n) is 4.33. The molecule has 2 aromatic rings. The summed E-state index contributed by atoms with van der Waals surface area (Å²) in [6.07, 6.45) is 3.26. The zero-order valence-electron chi connectivity index (χ0n) is 10.8. The number of hydrogen-bond donors (Lipinski definition) is 1. The second kappa shape index (κ2) is 6.24. The quantitative estimate of drug-likeness (QED) is 0.869. The van der Waals surface area contributed by atoms with E-state index in [0.717, 1.165) is 10.6 Å². The maximum Gasteiger partial charge on any atom is 0.250 e. The summed E-state index contributed by atoms with van der Waals surface area (Å²) in [6, 6.07) is 9.66. The number of benzene rings is 1. The predicted octanol–water partition coefficient (Wildman–Crippen LogP) is 3.31. The molecule has 0 aliphatic heterocycles. The zero-order chi connectivity index (χ0) is 13.7. The minimum absolute atomic E-state index is 0.199. The van der Waals surface area contributed by atoms with Crippen LogP contribution in [0.25, 0.3) is 6.08 Å². The van der Waals surface area contributed by atoms with Gasteiger partial charge in [-0.1, -0.05) is 55.5 Å². The highest BCUT2D eigenvalue weighted by atomic mass is 32.1. The van der Waals surface area contributed by atoms with Crippen molar-refractivity contribution in [3.63, 3.8) is 0 Å². The number of hydrogen-bond acceptors (Lipinski definition) is 4. The topological polar surface area (TPSA) is 54.9 Å². The number of rotatable bonds is 4. The fourth-order valence-electron chi connectivity index (χ4n) is 1.40. The van der Waals surface area contributed by atoms with Gasteiger partial charge in [-0.05, 0) is 11.6 Å². The molecule has 0 unspecified atom stereocenters. The predicted molar refractivity (Wildman–Crippen MR) is 78.1 cm³/mol. The highest BCUT2D eigenvalue weighted by Crippen LogP contribution is 2.22. The lowest BCUT2D eigenvalue weighted by atomic mass is 10.2. The van der Waals surface area contributed by atoms with E-state index < -0.39 is 0 Å². The average molecular weight is 273 g/mol. The number of aromatic nitrogens is 2. The van der Waals surface area contributed by atoms with Crippen molar-refractivity contribution in [3.8, 4) is 0 Å². The average Bonchev–Trinajstić information content (AvgIpc) is 2.86.